The predicted molar refractivity (Wildman–Crippen MR) is 43.2 cm³/mol. The molecular weight excluding hydrogens is 178 g/mol. The fraction of sp³-hybridized carbons (Fsp3) is 0.286. The van der Waals surface area contributed by atoms with Crippen LogP contribution in [0.4, 0.5) is 0 Å². The van der Waals surface area contributed by atoms with Gasteiger partial charge in [-0.1, -0.05) is 0 Å². The van der Waals surface area contributed by atoms with E-state index in [-0.39, 0.29) is 4.90 Å². The molecule has 0 N–H and O–H groups in total. The first-order chi connectivity index (χ1) is 5.56. The molecule has 0 saturated heterocycles. The van der Waals surface area contributed by atoms with Gasteiger partial charge in [0.15, 0.2) is 0 Å². The third-order valence-electron chi connectivity index (χ3n) is 1.39. The van der Waals surface area contributed by atoms with E-state index in [2.05, 4.69) is 9.17 Å². The first-order valence-corrected chi connectivity index (χ1v) is 4.70. The molecule has 12 heavy (non-hydrogen) atoms. The van der Waals surface area contributed by atoms with Gasteiger partial charge in [0.05, 0.1) is 7.11 Å². The molecule has 0 aromatic carbocycles. The Balaban J connectivity index is 3.14. The van der Waals surface area contributed by atoms with Crippen molar-refractivity contribution in [3.05, 3.63) is 24.0 Å². The van der Waals surface area contributed by atoms with Crippen molar-refractivity contribution < 1.29 is 12.6 Å². The van der Waals surface area contributed by atoms with E-state index in [1.54, 1.807) is 13.0 Å². The highest BCUT2D eigenvalue weighted by Gasteiger charge is 2.11. The van der Waals surface area contributed by atoms with E-state index in [9.17, 15) is 8.42 Å². The van der Waals surface area contributed by atoms with Gasteiger partial charge in [-0.15, -0.1) is 0 Å². The molecular formula is C7H9NO3S. The van der Waals surface area contributed by atoms with Crippen LogP contribution in [0.2, 0.25) is 0 Å². The molecule has 66 valence electrons. The van der Waals surface area contributed by atoms with Crippen molar-refractivity contribution >= 4 is 10.1 Å². The summed E-state index contributed by atoms with van der Waals surface area (Å²) in [4.78, 5) is 3.91. The monoisotopic (exact) mass is 187 g/mol. The Hall–Kier alpha value is -0.940. The molecule has 0 aliphatic carbocycles. The van der Waals surface area contributed by atoms with Crippen LogP contribution in [0.25, 0.3) is 0 Å². The Morgan fingerprint density at radius 1 is 1.42 bits per heavy atom. The van der Waals surface area contributed by atoms with Crippen molar-refractivity contribution in [2.45, 2.75) is 11.8 Å². The molecule has 0 fully saturated rings. The highest BCUT2D eigenvalue weighted by Crippen LogP contribution is 2.09. The van der Waals surface area contributed by atoms with Crippen LogP contribution in [-0.2, 0) is 14.3 Å². The maximum Gasteiger partial charge on any atom is 0.298 e. The van der Waals surface area contributed by atoms with E-state index >= 15 is 0 Å². The molecule has 1 aromatic heterocycles. The average molecular weight is 187 g/mol. The summed E-state index contributed by atoms with van der Waals surface area (Å²) in [5, 5.41) is 0. The second-order valence-corrected chi connectivity index (χ2v) is 3.97. The van der Waals surface area contributed by atoms with Gasteiger partial charge < -0.3 is 0 Å². The topological polar surface area (TPSA) is 56.3 Å². The molecule has 1 aromatic rings. The maximum absolute atomic E-state index is 11.1. The third-order valence-corrected chi connectivity index (χ3v) is 2.65. The van der Waals surface area contributed by atoms with Crippen LogP contribution in [0.15, 0.2) is 23.2 Å². The Kier molecular flexibility index (Phi) is 2.44. The molecule has 0 saturated carbocycles. The molecule has 0 radical (unpaired) electrons. The van der Waals surface area contributed by atoms with Crippen LogP contribution in [0.1, 0.15) is 5.69 Å². The van der Waals surface area contributed by atoms with Gasteiger partial charge in [0.25, 0.3) is 10.1 Å². The van der Waals surface area contributed by atoms with Crippen molar-refractivity contribution in [2.24, 2.45) is 0 Å². The maximum atomic E-state index is 11.1. The summed E-state index contributed by atoms with van der Waals surface area (Å²) < 4.78 is 26.4. The highest BCUT2D eigenvalue weighted by molar-refractivity contribution is 7.86. The number of nitrogens with zero attached hydrogens (tertiary/aromatic N) is 1. The average Bonchev–Trinajstić information content (AvgIpc) is 2.05. The van der Waals surface area contributed by atoms with Crippen molar-refractivity contribution in [3.8, 4) is 0 Å². The first-order valence-electron chi connectivity index (χ1n) is 3.29. The zero-order chi connectivity index (χ0) is 9.19. The fourth-order valence-corrected chi connectivity index (χ4v) is 1.31. The van der Waals surface area contributed by atoms with Gasteiger partial charge in [-0.2, -0.15) is 8.42 Å². The number of hydrogen-bond acceptors (Lipinski definition) is 4. The van der Waals surface area contributed by atoms with Crippen molar-refractivity contribution in [3.63, 3.8) is 0 Å². The Morgan fingerprint density at radius 3 is 2.50 bits per heavy atom. The zero-order valence-electron chi connectivity index (χ0n) is 6.81. The second kappa shape index (κ2) is 3.20. The summed E-state index contributed by atoms with van der Waals surface area (Å²) in [6.07, 6.45) is 1.27. The van der Waals surface area contributed by atoms with Crippen LogP contribution >= 0.6 is 0 Å². The van der Waals surface area contributed by atoms with E-state index < -0.39 is 10.1 Å². The molecule has 0 atom stereocenters. The van der Waals surface area contributed by atoms with Gasteiger partial charge in [-0.05, 0) is 19.1 Å². The molecule has 0 amide bonds. The van der Waals surface area contributed by atoms with Gasteiger partial charge in [0.2, 0.25) is 0 Å². The van der Waals surface area contributed by atoms with Gasteiger partial charge in [0.1, 0.15) is 4.90 Å². The van der Waals surface area contributed by atoms with Gasteiger partial charge in [0, 0.05) is 11.9 Å². The second-order valence-electron chi connectivity index (χ2n) is 2.26. The lowest BCUT2D eigenvalue weighted by Gasteiger charge is -1.99. The third kappa shape index (κ3) is 1.80. The van der Waals surface area contributed by atoms with E-state index in [4.69, 9.17) is 0 Å². The van der Waals surface area contributed by atoms with Gasteiger partial charge >= 0.3 is 0 Å². The molecule has 5 heteroatoms. The number of rotatable bonds is 2. The molecule has 1 rings (SSSR count). The Morgan fingerprint density at radius 2 is 2.08 bits per heavy atom. The van der Waals surface area contributed by atoms with Gasteiger partial charge in [-0.25, -0.2) is 0 Å². The zero-order valence-corrected chi connectivity index (χ0v) is 7.63. The summed E-state index contributed by atoms with van der Waals surface area (Å²) in [6, 6.07) is 3.08. The summed E-state index contributed by atoms with van der Waals surface area (Å²) in [6.45, 7) is 1.78. The van der Waals surface area contributed by atoms with Crippen LogP contribution in [-0.4, -0.2) is 20.5 Å². The molecule has 0 spiro atoms. The minimum atomic E-state index is -3.58. The number of pyridine rings is 1. The molecule has 0 aliphatic rings. The summed E-state index contributed by atoms with van der Waals surface area (Å²) in [5.74, 6) is 0. The van der Waals surface area contributed by atoms with Crippen LogP contribution in [0.3, 0.4) is 0 Å². The minimum absolute atomic E-state index is 0.0793. The quantitative estimate of drug-likeness (QED) is 0.640. The SMILES string of the molecule is COS(=O)(=O)c1ccc(C)nc1. The van der Waals surface area contributed by atoms with Crippen LogP contribution in [0, 0.1) is 6.92 Å². The minimum Gasteiger partial charge on any atom is -0.270 e. The Labute approximate surface area is 71.3 Å². The molecule has 1 heterocycles. The van der Waals surface area contributed by atoms with Gasteiger partial charge in [-0.3, -0.25) is 9.17 Å². The number of aromatic nitrogens is 1. The summed E-state index contributed by atoms with van der Waals surface area (Å²) in [7, 11) is -2.46. The molecule has 0 unspecified atom stereocenters. The van der Waals surface area contributed by atoms with Crippen molar-refractivity contribution in [2.75, 3.05) is 7.11 Å². The highest BCUT2D eigenvalue weighted by atomic mass is 32.2. The van der Waals surface area contributed by atoms with E-state index in [0.29, 0.717) is 0 Å². The smallest absolute Gasteiger partial charge is 0.270 e. The van der Waals surface area contributed by atoms with E-state index in [1.807, 2.05) is 0 Å². The predicted octanol–water partition coefficient (Wildman–Crippen LogP) is 0.725. The lowest BCUT2D eigenvalue weighted by atomic mass is 10.4. The summed E-state index contributed by atoms with van der Waals surface area (Å²) >= 11 is 0. The summed E-state index contributed by atoms with van der Waals surface area (Å²) in [5.41, 5.74) is 0.769. The Bertz CT molecular complexity index is 355. The number of aryl methyl sites for hydroxylation is 1. The molecule has 0 aliphatic heterocycles. The van der Waals surface area contributed by atoms with Crippen molar-refractivity contribution in [1.29, 1.82) is 0 Å². The normalized spacial score (nSPS) is 11.5. The lowest BCUT2D eigenvalue weighted by Crippen LogP contribution is -2.03. The largest absolute Gasteiger partial charge is 0.298 e. The van der Waals surface area contributed by atoms with E-state index in [1.165, 1.54) is 12.3 Å². The number of hydrogen-bond donors (Lipinski definition) is 0. The molecule has 4 nitrogen and oxygen atoms in total. The van der Waals surface area contributed by atoms with Crippen LogP contribution in [0.5, 0.6) is 0 Å². The van der Waals surface area contributed by atoms with E-state index in [0.717, 1.165) is 12.8 Å². The lowest BCUT2D eigenvalue weighted by molar-refractivity contribution is 0.397. The fourth-order valence-electron chi connectivity index (χ4n) is 0.698. The van der Waals surface area contributed by atoms with Crippen molar-refractivity contribution in [1.82, 2.24) is 4.98 Å². The first kappa shape index (κ1) is 9.15. The molecule has 0 bridgehead atoms. The standard InChI is InChI=1S/C7H9NO3S/c1-6-3-4-7(5-8-6)12(9,10)11-2/h3-5H,1-2H3. The van der Waals surface area contributed by atoms with Crippen LogP contribution < -0.4 is 0 Å².